The second kappa shape index (κ2) is 7.10. The Bertz CT molecular complexity index is 224. The van der Waals surface area contributed by atoms with E-state index in [0.29, 0.717) is 6.61 Å². The average Bonchev–Trinajstić information content (AvgIpc) is 2.08. The van der Waals surface area contributed by atoms with Crippen LogP contribution in [0.15, 0.2) is 0 Å². The van der Waals surface area contributed by atoms with Gasteiger partial charge in [-0.1, -0.05) is 0 Å². The Morgan fingerprint density at radius 3 is 2.43 bits per heavy atom. The Morgan fingerprint density at radius 2 is 2.00 bits per heavy atom. The van der Waals surface area contributed by atoms with Crippen molar-refractivity contribution in [1.29, 1.82) is 0 Å². The predicted octanol–water partition coefficient (Wildman–Crippen LogP) is -0.823. The van der Waals surface area contributed by atoms with Gasteiger partial charge in [-0.15, -0.1) is 0 Å². The van der Waals surface area contributed by atoms with E-state index >= 15 is 0 Å². The number of hydrogen-bond donors (Lipinski definition) is 2. The molecule has 0 rings (SSSR count). The summed E-state index contributed by atoms with van der Waals surface area (Å²) in [6, 6.07) is 0. The fourth-order valence-electron chi connectivity index (χ4n) is 0.656. The first-order chi connectivity index (χ1) is 6.49. The lowest BCUT2D eigenvalue weighted by Gasteiger charge is -2.15. The molecule has 0 heterocycles. The van der Waals surface area contributed by atoms with E-state index in [2.05, 4.69) is 4.18 Å². The van der Waals surface area contributed by atoms with Crippen LogP contribution in [0.4, 0.5) is 0 Å². The largest absolute Gasteiger partial charge is 0.397 e. The van der Waals surface area contributed by atoms with E-state index in [4.69, 9.17) is 19.1 Å². The van der Waals surface area contributed by atoms with E-state index in [9.17, 15) is 8.42 Å². The zero-order valence-corrected chi connectivity index (χ0v) is 8.57. The van der Waals surface area contributed by atoms with Gasteiger partial charge in [-0.25, -0.2) is 4.18 Å². The second-order valence-corrected chi connectivity index (χ2v) is 3.28. The quantitative estimate of drug-likeness (QED) is 0.414. The minimum Gasteiger partial charge on any atom is -0.394 e. The highest BCUT2D eigenvalue weighted by Crippen LogP contribution is 1.98. The summed E-state index contributed by atoms with van der Waals surface area (Å²) in [5, 5.41) is 8.42. The van der Waals surface area contributed by atoms with Crippen LogP contribution in [0.2, 0.25) is 0 Å². The molecule has 0 amide bonds. The van der Waals surface area contributed by atoms with Gasteiger partial charge in [0, 0.05) is 6.61 Å². The van der Waals surface area contributed by atoms with Crippen LogP contribution in [-0.2, 0) is 24.1 Å². The predicted molar refractivity (Wildman–Crippen MR) is 46.0 cm³/mol. The highest BCUT2D eigenvalue weighted by molar-refractivity contribution is 7.80. The molecule has 0 aromatic rings. The highest BCUT2D eigenvalue weighted by Gasteiger charge is 2.13. The summed E-state index contributed by atoms with van der Waals surface area (Å²) in [7, 11) is -4.49. The molecule has 2 N–H and O–H groups in total. The zero-order valence-electron chi connectivity index (χ0n) is 7.75. The van der Waals surface area contributed by atoms with Gasteiger partial charge in [0.2, 0.25) is 0 Å². The standard InChI is InChI=1S/C6H14O7S/c1-2-11-6(12-4-3-7)5-13-14(8,9)10/h6-7H,2-5H2,1H3,(H,8,9,10). The SMILES string of the molecule is CCOC(COS(=O)(=O)O)OCCO. The summed E-state index contributed by atoms with van der Waals surface area (Å²) < 4.78 is 42.4. The van der Waals surface area contributed by atoms with Crippen molar-refractivity contribution in [2.75, 3.05) is 26.4 Å². The lowest BCUT2D eigenvalue weighted by Crippen LogP contribution is -2.26. The molecule has 1 atom stereocenters. The molecule has 0 radical (unpaired) electrons. The fraction of sp³-hybridized carbons (Fsp3) is 1.00. The molecule has 0 aliphatic rings. The van der Waals surface area contributed by atoms with Crippen molar-refractivity contribution in [3.63, 3.8) is 0 Å². The number of aliphatic hydroxyl groups excluding tert-OH is 1. The highest BCUT2D eigenvalue weighted by atomic mass is 32.3. The van der Waals surface area contributed by atoms with Crippen molar-refractivity contribution in [1.82, 2.24) is 0 Å². The normalized spacial score (nSPS) is 14.2. The van der Waals surface area contributed by atoms with Gasteiger partial charge in [-0.3, -0.25) is 4.55 Å². The summed E-state index contributed by atoms with van der Waals surface area (Å²) in [5.74, 6) is 0. The van der Waals surface area contributed by atoms with Crippen LogP contribution >= 0.6 is 0 Å². The topological polar surface area (TPSA) is 102 Å². The van der Waals surface area contributed by atoms with Crippen LogP contribution in [-0.4, -0.2) is 50.8 Å². The lowest BCUT2D eigenvalue weighted by atomic mass is 10.6. The van der Waals surface area contributed by atoms with Crippen LogP contribution in [0.1, 0.15) is 6.92 Å². The molecule has 0 saturated carbocycles. The molecule has 86 valence electrons. The third-order valence-electron chi connectivity index (χ3n) is 1.10. The van der Waals surface area contributed by atoms with E-state index in [1.54, 1.807) is 6.92 Å². The first-order valence-corrected chi connectivity index (χ1v) is 5.32. The average molecular weight is 230 g/mol. The Morgan fingerprint density at radius 1 is 1.36 bits per heavy atom. The van der Waals surface area contributed by atoms with Crippen molar-refractivity contribution in [2.45, 2.75) is 13.2 Å². The number of aliphatic hydroxyl groups is 1. The summed E-state index contributed by atoms with van der Waals surface area (Å²) in [4.78, 5) is 0. The summed E-state index contributed by atoms with van der Waals surface area (Å²) in [6.45, 7) is 1.31. The third kappa shape index (κ3) is 8.35. The van der Waals surface area contributed by atoms with Crippen molar-refractivity contribution in [3.05, 3.63) is 0 Å². The molecule has 0 aromatic heterocycles. The van der Waals surface area contributed by atoms with Gasteiger partial charge in [0.25, 0.3) is 0 Å². The monoisotopic (exact) mass is 230 g/mol. The molecule has 0 saturated heterocycles. The summed E-state index contributed by atoms with van der Waals surface area (Å²) in [6.07, 6.45) is -0.922. The van der Waals surface area contributed by atoms with Crippen LogP contribution in [0.25, 0.3) is 0 Å². The molecule has 0 aliphatic heterocycles. The van der Waals surface area contributed by atoms with E-state index < -0.39 is 23.3 Å². The Balaban J connectivity index is 3.84. The van der Waals surface area contributed by atoms with Crippen LogP contribution in [0.3, 0.4) is 0 Å². The van der Waals surface area contributed by atoms with E-state index in [0.717, 1.165) is 0 Å². The molecular weight excluding hydrogens is 216 g/mol. The van der Waals surface area contributed by atoms with Gasteiger partial charge in [0.05, 0.1) is 13.2 Å². The molecule has 7 nitrogen and oxygen atoms in total. The first-order valence-electron chi connectivity index (χ1n) is 3.95. The molecule has 0 aromatic carbocycles. The molecule has 0 aliphatic carbocycles. The van der Waals surface area contributed by atoms with Gasteiger partial charge in [0.1, 0.15) is 6.61 Å². The van der Waals surface area contributed by atoms with Gasteiger partial charge >= 0.3 is 10.4 Å². The van der Waals surface area contributed by atoms with Crippen molar-refractivity contribution < 1.29 is 31.7 Å². The summed E-state index contributed by atoms with van der Waals surface area (Å²) >= 11 is 0. The molecule has 0 fully saturated rings. The third-order valence-corrected chi connectivity index (χ3v) is 1.53. The number of rotatable bonds is 8. The maximum Gasteiger partial charge on any atom is 0.397 e. The number of hydrogen-bond acceptors (Lipinski definition) is 6. The van der Waals surface area contributed by atoms with Crippen molar-refractivity contribution >= 4 is 10.4 Å². The molecule has 0 spiro atoms. The Hall–Kier alpha value is -0.250. The number of ether oxygens (including phenoxy) is 2. The van der Waals surface area contributed by atoms with Crippen LogP contribution in [0, 0.1) is 0 Å². The molecular formula is C6H14O7S. The molecule has 1 unspecified atom stereocenters. The van der Waals surface area contributed by atoms with Crippen molar-refractivity contribution in [2.24, 2.45) is 0 Å². The van der Waals surface area contributed by atoms with E-state index in [1.807, 2.05) is 0 Å². The van der Waals surface area contributed by atoms with Crippen LogP contribution in [0.5, 0.6) is 0 Å². The van der Waals surface area contributed by atoms with E-state index in [1.165, 1.54) is 0 Å². The van der Waals surface area contributed by atoms with Gasteiger partial charge in [-0.05, 0) is 6.92 Å². The molecule has 8 heteroatoms. The molecule has 14 heavy (non-hydrogen) atoms. The second-order valence-electron chi connectivity index (χ2n) is 2.19. The lowest BCUT2D eigenvalue weighted by molar-refractivity contribution is -0.160. The van der Waals surface area contributed by atoms with Gasteiger partial charge < -0.3 is 14.6 Å². The summed E-state index contributed by atoms with van der Waals surface area (Å²) in [5.41, 5.74) is 0. The smallest absolute Gasteiger partial charge is 0.394 e. The van der Waals surface area contributed by atoms with Crippen LogP contribution < -0.4 is 0 Å². The van der Waals surface area contributed by atoms with Gasteiger partial charge in [-0.2, -0.15) is 8.42 Å². The maximum atomic E-state index is 10.2. The molecule has 0 bridgehead atoms. The van der Waals surface area contributed by atoms with E-state index in [-0.39, 0.29) is 13.2 Å². The minimum atomic E-state index is -4.49. The first kappa shape index (κ1) is 13.8. The minimum absolute atomic E-state index is 0.000493. The maximum absolute atomic E-state index is 10.2. The fourth-order valence-corrected chi connectivity index (χ4v) is 0.939. The van der Waals surface area contributed by atoms with Crippen molar-refractivity contribution in [3.8, 4) is 0 Å². The van der Waals surface area contributed by atoms with Gasteiger partial charge in [0.15, 0.2) is 6.29 Å². The Kier molecular flexibility index (Phi) is 6.97. The Labute approximate surface area is 82.5 Å². The zero-order chi connectivity index (χ0) is 11.0.